The summed E-state index contributed by atoms with van der Waals surface area (Å²) in [6.45, 7) is 3.86. The second kappa shape index (κ2) is 5.99. The van der Waals surface area contributed by atoms with Gasteiger partial charge in [0.2, 0.25) is 0 Å². The SMILES string of the molecule is CC(C)n1nccc1C(NN)c1c(F)cc(Br)cc1F. The third-order valence-corrected chi connectivity index (χ3v) is 3.44. The second-order valence-electron chi connectivity index (χ2n) is 4.68. The van der Waals surface area contributed by atoms with Crippen molar-refractivity contribution in [1.82, 2.24) is 15.2 Å². The monoisotopic (exact) mass is 344 g/mol. The summed E-state index contributed by atoms with van der Waals surface area (Å²) in [6.07, 6.45) is 1.58. The predicted octanol–water partition coefficient (Wildman–Crippen LogP) is 3.06. The molecule has 2 aromatic rings. The number of hydrogen-bond acceptors (Lipinski definition) is 3. The van der Waals surface area contributed by atoms with E-state index >= 15 is 0 Å². The Balaban J connectivity index is 2.56. The van der Waals surface area contributed by atoms with Crippen LogP contribution in [0.15, 0.2) is 28.9 Å². The van der Waals surface area contributed by atoms with E-state index in [0.29, 0.717) is 10.2 Å². The van der Waals surface area contributed by atoms with E-state index in [9.17, 15) is 8.78 Å². The molecule has 2 rings (SSSR count). The first-order valence-corrected chi connectivity index (χ1v) is 6.89. The number of nitrogens with two attached hydrogens (primary N) is 1. The van der Waals surface area contributed by atoms with Crippen LogP contribution in [0.5, 0.6) is 0 Å². The zero-order chi connectivity index (χ0) is 14.9. The minimum Gasteiger partial charge on any atom is -0.271 e. The summed E-state index contributed by atoms with van der Waals surface area (Å²) >= 11 is 3.06. The van der Waals surface area contributed by atoms with E-state index in [1.165, 1.54) is 12.1 Å². The smallest absolute Gasteiger partial charge is 0.132 e. The summed E-state index contributed by atoms with van der Waals surface area (Å²) in [4.78, 5) is 0. The van der Waals surface area contributed by atoms with Gasteiger partial charge >= 0.3 is 0 Å². The number of hydrazine groups is 1. The van der Waals surface area contributed by atoms with Gasteiger partial charge in [0.1, 0.15) is 11.6 Å². The molecule has 20 heavy (non-hydrogen) atoms. The number of hydrogen-bond donors (Lipinski definition) is 2. The summed E-state index contributed by atoms with van der Waals surface area (Å²) < 4.78 is 30.2. The van der Waals surface area contributed by atoms with Gasteiger partial charge in [0.25, 0.3) is 0 Å². The topological polar surface area (TPSA) is 55.9 Å². The normalized spacial score (nSPS) is 12.9. The van der Waals surface area contributed by atoms with Crippen LogP contribution < -0.4 is 11.3 Å². The standard InChI is InChI=1S/C13H15BrF2N4/c1-7(2)20-11(3-4-18-20)13(19-17)12-9(15)5-8(14)6-10(12)16/h3-7,13,19H,17H2,1-2H3. The van der Waals surface area contributed by atoms with E-state index in [0.717, 1.165) is 0 Å². The van der Waals surface area contributed by atoms with Crippen LogP contribution in [0.4, 0.5) is 8.78 Å². The molecule has 0 aliphatic heterocycles. The van der Waals surface area contributed by atoms with Gasteiger partial charge in [-0.15, -0.1) is 0 Å². The number of nitrogens with zero attached hydrogens (tertiary/aromatic N) is 2. The fourth-order valence-electron chi connectivity index (χ4n) is 2.13. The lowest BCUT2D eigenvalue weighted by Crippen LogP contribution is -2.32. The van der Waals surface area contributed by atoms with Gasteiger partial charge in [-0.25, -0.2) is 14.2 Å². The zero-order valence-corrected chi connectivity index (χ0v) is 12.7. The number of aromatic nitrogens is 2. The van der Waals surface area contributed by atoms with Crippen LogP contribution in [0.1, 0.15) is 37.2 Å². The highest BCUT2D eigenvalue weighted by molar-refractivity contribution is 9.10. The molecule has 0 saturated carbocycles. The maximum absolute atomic E-state index is 14.1. The highest BCUT2D eigenvalue weighted by Gasteiger charge is 2.25. The molecule has 0 saturated heterocycles. The first-order valence-electron chi connectivity index (χ1n) is 6.09. The van der Waals surface area contributed by atoms with Crippen LogP contribution >= 0.6 is 15.9 Å². The number of rotatable bonds is 4. The third kappa shape index (κ3) is 2.74. The molecule has 0 fully saturated rings. The van der Waals surface area contributed by atoms with Gasteiger partial charge in [0.15, 0.2) is 0 Å². The van der Waals surface area contributed by atoms with E-state index in [1.807, 2.05) is 13.8 Å². The lowest BCUT2D eigenvalue weighted by Gasteiger charge is -2.21. The van der Waals surface area contributed by atoms with Gasteiger partial charge in [-0.05, 0) is 32.0 Å². The van der Waals surface area contributed by atoms with Gasteiger partial charge < -0.3 is 0 Å². The maximum Gasteiger partial charge on any atom is 0.132 e. The largest absolute Gasteiger partial charge is 0.271 e. The number of benzene rings is 1. The quantitative estimate of drug-likeness (QED) is 0.662. The Hall–Kier alpha value is -1.31. The Morgan fingerprint density at radius 2 is 1.90 bits per heavy atom. The molecule has 4 nitrogen and oxygen atoms in total. The fraction of sp³-hybridized carbons (Fsp3) is 0.308. The molecule has 0 aliphatic carbocycles. The molecule has 0 bridgehead atoms. The zero-order valence-electron chi connectivity index (χ0n) is 11.1. The van der Waals surface area contributed by atoms with Gasteiger partial charge in [-0.1, -0.05) is 15.9 Å². The minimum atomic E-state index is -0.812. The molecule has 1 aromatic carbocycles. The molecule has 108 valence electrons. The van der Waals surface area contributed by atoms with Crippen molar-refractivity contribution in [1.29, 1.82) is 0 Å². The van der Waals surface area contributed by atoms with E-state index in [4.69, 9.17) is 5.84 Å². The van der Waals surface area contributed by atoms with Crippen LogP contribution in [0.3, 0.4) is 0 Å². The summed E-state index contributed by atoms with van der Waals surface area (Å²) in [7, 11) is 0. The highest BCUT2D eigenvalue weighted by atomic mass is 79.9. The summed E-state index contributed by atoms with van der Waals surface area (Å²) in [6, 6.07) is 3.34. The first-order chi connectivity index (χ1) is 9.45. The Labute approximate surface area is 124 Å². The molecule has 3 N–H and O–H groups in total. The van der Waals surface area contributed by atoms with Crippen molar-refractivity contribution >= 4 is 15.9 Å². The summed E-state index contributed by atoms with van der Waals surface area (Å²) in [5, 5.41) is 4.15. The molecule has 1 aromatic heterocycles. The average Bonchev–Trinajstić information content (AvgIpc) is 2.82. The van der Waals surface area contributed by atoms with Crippen LogP contribution in [0.2, 0.25) is 0 Å². The molecular weight excluding hydrogens is 330 g/mol. The maximum atomic E-state index is 14.1. The molecule has 1 heterocycles. The van der Waals surface area contributed by atoms with Gasteiger partial charge in [-0.3, -0.25) is 10.5 Å². The average molecular weight is 345 g/mol. The van der Waals surface area contributed by atoms with Gasteiger partial charge in [0, 0.05) is 22.3 Å². The lowest BCUT2D eigenvalue weighted by molar-refractivity contribution is 0.452. The van der Waals surface area contributed by atoms with Gasteiger partial charge in [0.05, 0.1) is 11.7 Å². The number of nitrogens with one attached hydrogen (secondary N) is 1. The summed E-state index contributed by atoms with van der Waals surface area (Å²) in [5.41, 5.74) is 2.93. The Kier molecular flexibility index (Phi) is 4.52. The number of halogens is 3. The van der Waals surface area contributed by atoms with Crippen molar-refractivity contribution in [3.63, 3.8) is 0 Å². The predicted molar refractivity (Wildman–Crippen MR) is 75.8 cm³/mol. The highest BCUT2D eigenvalue weighted by Crippen LogP contribution is 2.29. The Bertz CT molecular complexity index is 589. The molecule has 0 aliphatic rings. The van der Waals surface area contributed by atoms with Crippen molar-refractivity contribution in [2.24, 2.45) is 5.84 Å². The van der Waals surface area contributed by atoms with Gasteiger partial charge in [-0.2, -0.15) is 5.10 Å². The van der Waals surface area contributed by atoms with Crippen molar-refractivity contribution in [2.75, 3.05) is 0 Å². The van der Waals surface area contributed by atoms with E-state index in [2.05, 4.69) is 26.5 Å². The fourth-order valence-corrected chi connectivity index (χ4v) is 2.53. The van der Waals surface area contributed by atoms with Crippen molar-refractivity contribution in [3.8, 4) is 0 Å². The molecule has 0 radical (unpaired) electrons. The molecule has 0 amide bonds. The molecule has 1 unspecified atom stereocenters. The lowest BCUT2D eigenvalue weighted by atomic mass is 10.0. The molecule has 1 atom stereocenters. The van der Waals surface area contributed by atoms with Crippen LogP contribution in [-0.2, 0) is 0 Å². The third-order valence-electron chi connectivity index (χ3n) is 2.98. The minimum absolute atomic E-state index is 0.0532. The summed E-state index contributed by atoms with van der Waals surface area (Å²) in [5.74, 6) is 4.16. The Morgan fingerprint density at radius 1 is 1.30 bits per heavy atom. The van der Waals surface area contributed by atoms with Crippen LogP contribution in [0, 0.1) is 11.6 Å². The van der Waals surface area contributed by atoms with E-state index in [1.54, 1.807) is 16.9 Å². The van der Waals surface area contributed by atoms with Crippen LogP contribution in [-0.4, -0.2) is 9.78 Å². The molecule has 0 spiro atoms. The molecular formula is C13H15BrF2N4. The second-order valence-corrected chi connectivity index (χ2v) is 5.59. The van der Waals surface area contributed by atoms with E-state index in [-0.39, 0.29) is 11.6 Å². The first kappa shape index (κ1) is 15.1. The van der Waals surface area contributed by atoms with Crippen molar-refractivity contribution in [2.45, 2.75) is 25.9 Å². The van der Waals surface area contributed by atoms with Crippen molar-refractivity contribution in [3.05, 3.63) is 51.8 Å². The Morgan fingerprint density at radius 3 is 2.40 bits per heavy atom. The van der Waals surface area contributed by atoms with E-state index < -0.39 is 17.7 Å². The van der Waals surface area contributed by atoms with Crippen LogP contribution in [0.25, 0.3) is 0 Å². The molecule has 7 heteroatoms. The van der Waals surface area contributed by atoms with Crippen molar-refractivity contribution < 1.29 is 8.78 Å².